The second-order valence-corrected chi connectivity index (χ2v) is 5.35. The van der Waals surface area contributed by atoms with Crippen molar-refractivity contribution in [1.82, 2.24) is 0 Å². The van der Waals surface area contributed by atoms with Crippen molar-refractivity contribution in [3.63, 3.8) is 0 Å². The summed E-state index contributed by atoms with van der Waals surface area (Å²) in [4.78, 5) is 0. The van der Waals surface area contributed by atoms with Gasteiger partial charge in [-0.2, -0.15) is 11.8 Å². The third-order valence-electron chi connectivity index (χ3n) is 2.26. The van der Waals surface area contributed by atoms with Gasteiger partial charge in [0.15, 0.2) is 11.5 Å². The lowest BCUT2D eigenvalue weighted by molar-refractivity contribution is 0.293. The second-order valence-electron chi connectivity index (χ2n) is 3.51. The van der Waals surface area contributed by atoms with Crippen LogP contribution in [0.4, 0.5) is 0 Å². The number of hydrogen-bond acceptors (Lipinski definition) is 4. The van der Waals surface area contributed by atoms with Crippen molar-refractivity contribution in [2.24, 2.45) is 5.73 Å². The normalized spacial score (nSPS) is 10.4. The number of halogens is 1. The minimum atomic E-state index is 0.488. The fraction of sp³-hybridized carbons (Fsp3) is 0.500. The first-order chi connectivity index (χ1) is 8.22. The Balaban J connectivity index is 2.75. The molecule has 0 aromatic heterocycles. The monoisotopic (exact) mass is 319 g/mol. The van der Waals surface area contributed by atoms with Crippen molar-refractivity contribution < 1.29 is 9.47 Å². The van der Waals surface area contributed by atoms with E-state index < -0.39 is 0 Å². The summed E-state index contributed by atoms with van der Waals surface area (Å²) in [5.41, 5.74) is 6.63. The lowest BCUT2D eigenvalue weighted by Crippen LogP contribution is -2.03. The smallest absolute Gasteiger partial charge is 0.175 e. The van der Waals surface area contributed by atoms with Gasteiger partial charge in [0, 0.05) is 6.54 Å². The predicted molar refractivity (Wildman–Crippen MR) is 77.1 cm³/mol. The molecule has 0 heterocycles. The standard InChI is InChI=1S/C12H18BrNO2S/c1-15-11-7-9(8-14)6-10(13)12(11)16-4-3-5-17-2/h6-7H,3-5,8,14H2,1-2H3. The molecule has 1 aromatic carbocycles. The number of thioether (sulfide) groups is 1. The molecular formula is C12H18BrNO2S. The summed E-state index contributed by atoms with van der Waals surface area (Å²) in [6.07, 6.45) is 3.11. The summed E-state index contributed by atoms with van der Waals surface area (Å²) in [5, 5.41) is 0. The Kier molecular flexibility index (Phi) is 6.77. The molecule has 1 aromatic rings. The van der Waals surface area contributed by atoms with Gasteiger partial charge in [-0.1, -0.05) is 0 Å². The van der Waals surface area contributed by atoms with Gasteiger partial charge in [0.25, 0.3) is 0 Å². The van der Waals surface area contributed by atoms with E-state index in [0.717, 1.165) is 33.7 Å². The molecule has 0 saturated heterocycles. The quantitative estimate of drug-likeness (QED) is 0.784. The molecular weight excluding hydrogens is 302 g/mol. The highest BCUT2D eigenvalue weighted by Gasteiger charge is 2.10. The molecule has 0 amide bonds. The SMILES string of the molecule is COc1cc(CN)cc(Br)c1OCCCSC. The highest BCUT2D eigenvalue weighted by atomic mass is 79.9. The largest absolute Gasteiger partial charge is 0.493 e. The second kappa shape index (κ2) is 7.84. The van der Waals surface area contributed by atoms with E-state index in [9.17, 15) is 0 Å². The van der Waals surface area contributed by atoms with E-state index in [-0.39, 0.29) is 0 Å². The fourth-order valence-electron chi connectivity index (χ4n) is 1.41. The van der Waals surface area contributed by atoms with Crippen molar-refractivity contribution >= 4 is 27.7 Å². The third-order valence-corrected chi connectivity index (χ3v) is 3.55. The molecule has 0 aliphatic heterocycles. The van der Waals surface area contributed by atoms with Gasteiger partial charge in [0.1, 0.15) is 0 Å². The molecule has 96 valence electrons. The number of benzene rings is 1. The van der Waals surface area contributed by atoms with Gasteiger partial charge in [-0.25, -0.2) is 0 Å². The van der Waals surface area contributed by atoms with E-state index in [4.69, 9.17) is 15.2 Å². The predicted octanol–water partition coefficient (Wildman–Crippen LogP) is 3.05. The van der Waals surface area contributed by atoms with Crippen molar-refractivity contribution in [3.05, 3.63) is 22.2 Å². The summed E-state index contributed by atoms with van der Waals surface area (Å²) in [6.45, 7) is 1.18. The maximum Gasteiger partial charge on any atom is 0.175 e. The number of nitrogens with two attached hydrogens (primary N) is 1. The summed E-state index contributed by atoms with van der Waals surface area (Å²) in [6, 6.07) is 3.88. The maximum atomic E-state index is 5.73. The summed E-state index contributed by atoms with van der Waals surface area (Å²) in [5.74, 6) is 2.58. The van der Waals surface area contributed by atoms with Crippen molar-refractivity contribution in [1.29, 1.82) is 0 Å². The zero-order valence-corrected chi connectivity index (χ0v) is 12.6. The molecule has 17 heavy (non-hydrogen) atoms. The lowest BCUT2D eigenvalue weighted by Gasteiger charge is -2.13. The average Bonchev–Trinajstić information content (AvgIpc) is 2.35. The molecule has 5 heteroatoms. The minimum Gasteiger partial charge on any atom is -0.493 e. The zero-order valence-electron chi connectivity index (χ0n) is 10.2. The van der Waals surface area contributed by atoms with Crippen LogP contribution in [0.15, 0.2) is 16.6 Å². The molecule has 0 atom stereocenters. The van der Waals surface area contributed by atoms with Crippen LogP contribution in [-0.4, -0.2) is 25.7 Å². The van der Waals surface area contributed by atoms with Gasteiger partial charge < -0.3 is 15.2 Å². The van der Waals surface area contributed by atoms with Gasteiger partial charge in [-0.3, -0.25) is 0 Å². The molecule has 3 nitrogen and oxygen atoms in total. The van der Waals surface area contributed by atoms with E-state index >= 15 is 0 Å². The van der Waals surface area contributed by atoms with Crippen molar-refractivity contribution in [2.45, 2.75) is 13.0 Å². The van der Waals surface area contributed by atoms with Crippen LogP contribution in [0, 0.1) is 0 Å². The van der Waals surface area contributed by atoms with Crippen LogP contribution in [0.1, 0.15) is 12.0 Å². The molecule has 0 fully saturated rings. The van der Waals surface area contributed by atoms with Crippen LogP contribution in [0.25, 0.3) is 0 Å². The minimum absolute atomic E-state index is 0.488. The summed E-state index contributed by atoms with van der Waals surface area (Å²) >= 11 is 5.30. The van der Waals surface area contributed by atoms with Crippen LogP contribution < -0.4 is 15.2 Å². The Hall–Kier alpha value is -0.390. The molecule has 0 aliphatic rings. The van der Waals surface area contributed by atoms with Crippen LogP contribution in [0.2, 0.25) is 0 Å². The van der Waals surface area contributed by atoms with Crippen molar-refractivity contribution in [2.75, 3.05) is 25.7 Å². The van der Waals surface area contributed by atoms with E-state index in [0.29, 0.717) is 13.2 Å². The Bertz CT molecular complexity index is 361. The fourth-order valence-corrected chi connectivity index (χ4v) is 2.42. The molecule has 0 aliphatic carbocycles. The molecule has 0 saturated carbocycles. The number of hydrogen-bond donors (Lipinski definition) is 1. The molecule has 2 N–H and O–H groups in total. The lowest BCUT2D eigenvalue weighted by atomic mass is 10.2. The summed E-state index contributed by atoms with van der Waals surface area (Å²) < 4.78 is 11.9. The van der Waals surface area contributed by atoms with Crippen LogP contribution >= 0.6 is 27.7 Å². The first kappa shape index (κ1) is 14.7. The third kappa shape index (κ3) is 4.41. The van der Waals surface area contributed by atoms with E-state index in [1.165, 1.54) is 0 Å². The Labute approximate surface area is 115 Å². The maximum absolute atomic E-state index is 5.73. The van der Waals surface area contributed by atoms with E-state index in [2.05, 4.69) is 22.2 Å². The van der Waals surface area contributed by atoms with Crippen LogP contribution in [0.5, 0.6) is 11.5 Å². The Morgan fingerprint density at radius 1 is 1.41 bits per heavy atom. The van der Waals surface area contributed by atoms with Gasteiger partial charge >= 0.3 is 0 Å². The average molecular weight is 320 g/mol. The van der Waals surface area contributed by atoms with Gasteiger partial charge in [-0.15, -0.1) is 0 Å². The van der Waals surface area contributed by atoms with Crippen LogP contribution in [0.3, 0.4) is 0 Å². The van der Waals surface area contributed by atoms with Gasteiger partial charge in [0.05, 0.1) is 18.2 Å². The molecule has 0 radical (unpaired) electrons. The first-order valence-electron chi connectivity index (χ1n) is 5.41. The van der Waals surface area contributed by atoms with Crippen LogP contribution in [-0.2, 0) is 6.54 Å². The van der Waals surface area contributed by atoms with E-state index in [1.807, 2.05) is 23.9 Å². The molecule has 1 rings (SSSR count). The highest BCUT2D eigenvalue weighted by molar-refractivity contribution is 9.10. The highest BCUT2D eigenvalue weighted by Crippen LogP contribution is 2.36. The Morgan fingerprint density at radius 3 is 2.76 bits per heavy atom. The van der Waals surface area contributed by atoms with Crippen molar-refractivity contribution in [3.8, 4) is 11.5 Å². The topological polar surface area (TPSA) is 44.5 Å². The van der Waals surface area contributed by atoms with Gasteiger partial charge in [-0.05, 0) is 52.1 Å². The molecule has 0 unspecified atom stereocenters. The number of rotatable bonds is 7. The number of ether oxygens (including phenoxy) is 2. The molecule has 0 spiro atoms. The summed E-state index contributed by atoms with van der Waals surface area (Å²) in [7, 11) is 1.64. The molecule has 0 bridgehead atoms. The Morgan fingerprint density at radius 2 is 2.18 bits per heavy atom. The number of methoxy groups -OCH3 is 1. The zero-order chi connectivity index (χ0) is 12.7. The van der Waals surface area contributed by atoms with E-state index in [1.54, 1.807) is 7.11 Å². The van der Waals surface area contributed by atoms with Gasteiger partial charge in [0.2, 0.25) is 0 Å². The first-order valence-corrected chi connectivity index (χ1v) is 7.59.